The van der Waals surface area contributed by atoms with Gasteiger partial charge in [-0.2, -0.15) is 4.31 Å². The lowest BCUT2D eigenvalue weighted by Crippen LogP contribution is -2.49. The van der Waals surface area contributed by atoms with Gasteiger partial charge >= 0.3 is 0 Å². The summed E-state index contributed by atoms with van der Waals surface area (Å²) >= 11 is -1.68. The van der Waals surface area contributed by atoms with E-state index in [1.807, 2.05) is 25.1 Å². The zero-order chi connectivity index (χ0) is 43.5. The van der Waals surface area contributed by atoms with Crippen LogP contribution in [0.3, 0.4) is 0 Å². The van der Waals surface area contributed by atoms with Crippen molar-refractivity contribution in [2.45, 2.75) is 257 Å². The number of rotatable bonds is 19. The van der Waals surface area contributed by atoms with Gasteiger partial charge in [-0.1, -0.05) is 106 Å². The van der Waals surface area contributed by atoms with Gasteiger partial charge in [0.2, 0.25) is 10.0 Å². The van der Waals surface area contributed by atoms with E-state index in [1.165, 1.54) is 70.8 Å². The Balaban J connectivity index is 0.000000947. The summed E-state index contributed by atoms with van der Waals surface area (Å²) in [6, 6.07) is 1.03. The Morgan fingerprint density at radius 2 is 1.00 bits per heavy atom. The van der Waals surface area contributed by atoms with E-state index in [0.717, 1.165) is 70.6 Å². The summed E-state index contributed by atoms with van der Waals surface area (Å²) in [5.41, 5.74) is 0. The molecular formula is C44H96N2O6S2Si2. The summed E-state index contributed by atoms with van der Waals surface area (Å²) in [5.74, 6) is 0. The van der Waals surface area contributed by atoms with Crippen molar-refractivity contribution in [2.75, 3.05) is 26.3 Å². The second-order valence-corrected chi connectivity index (χ2v) is 35.7. The Hall–Kier alpha value is 0.334. The maximum atomic E-state index is 13.1. The average Bonchev–Trinajstić information content (AvgIpc) is 3.06. The van der Waals surface area contributed by atoms with Crippen molar-refractivity contribution in [1.82, 2.24) is 9.62 Å². The minimum atomic E-state index is -3.26. The SMILES string of the molecule is CC(C)(C)S(=O)O.CC(C)(C)[Si](C)(C)OCCCCCCN(C1CCCCC1)S(=O)(=O)C(C)(C)C.CC(C)(C)[Si](C)(C)OCCCCCCNC1CCCCC1. The molecule has 2 rings (SSSR count). The van der Waals surface area contributed by atoms with Crippen LogP contribution in [0.4, 0.5) is 0 Å². The molecule has 0 aromatic rings. The van der Waals surface area contributed by atoms with Crippen LogP contribution in [0.15, 0.2) is 0 Å². The van der Waals surface area contributed by atoms with Gasteiger partial charge in [0.1, 0.15) is 0 Å². The molecule has 2 fully saturated rings. The minimum Gasteiger partial charge on any atom is -0.417 e. The molecule has 0 heterocycles. The van der Waals surface area contributed by atoms with Crippen LogP contribution in [0.2, 0.25) is 36.3 Å². The topological polar surface area (TPSA) is 105 Å². The molecule has 2 aliphatic carbocycles. The molecule has 1 unspecified atom stereocenters. The van der Waals surface area contributed by atoms with Crippen LogP contribution in [0, 0.1) is 0 Å². The first-order valence-corrected chi connectivity index (χ1v) is 31.0. The Morgan fingerprint density at radius 3 is 1.38 bits per heavy atom. The van der Waals surface area contributed by atoms with Crippen molar-refractivity contribution in [3.63, 3.8) is 0 Å². The molecule has 0 spiro atoms. The van der Waals surface area contributed by atoms with E-state index >= 15 is 0 Å². The maximum absolute atomic E-state index is 13.1. The fourth-order valence-corrected chi connectivity index (χ4v) is 10.1. The Kier molecular flexibility index (Phi) is 26.1. The highest BCUT2D eigenvalue weighted by molar-refractivity contribution is 7.90. The molecule has 2 saturated carbocycles. The molecule has 0 aromatic carbocycles. The maximum Gasteiger partial charge on any atom is 0.219 e. The number of nitrogens with one attached hydrogen (secondary N) is 1. The molecule has 0 radical (unpaired) electrons. The van der Waals surface area contributed by atoms with Gasteiger partial charge in [0.25, 0.3) is 0 Å². The molecule has 12 heteroatoms. The van der Waals surface area contributed by atoms with E-state index in [1.54, 1.807) is 20.8 Å². The second-order valence-electron chi connectivity index (χ2n) is 21.7. The monoisotopic (exact) mass is 869 g/mol. The van der Waals surface area contributed by atoms with Gasteiger partial charge in [-0.15, -0.1) is 0 Å². The van der Waals surface area contributed by atoms with Gasteiger partial charge in [-0.25, -0.2) is 12.6 Å². The summed E-state index contributed by atoms with van der Waals surface area (Å²) < 4.78 is 57.9. The molecule has 2 N–H and O–H groups in total. The van der Waals surface area contributed by atoms with Crippen LogP contribution >= 0.6 is 0 Å². The number of hydrogen-bond acceptors (Lipinski definition) is 6. The summed E-state index contributed by atoms with van der Waals surface area (Å²) in [6.45, 7) is 37.4. The zero-order valence-electron chi connectivity index (χ0n) is 40.0. The van der Waals surface area contributed by atoms with Crippen LogP contribution in [0.5, 0.6) is 0 Å². The lowest BCUT2D eigenvalue weighted by molar-refractivity contribution is 0.241. The smallest absolute Gasteiger partial charge is 0.219 e. The molecule has 338 valence electrons. The van der Waals surface area contributed by atoms with Crippen molar-refractivity contribution >= 4 is 37.7 Å². The van der Waals surface area contributed by atoms with Gasteiger partial charge in [0.15, 0.2) is 27.7 Å². The summed E-state index contributed by atoms with van der Waals surface area (Å²) in [6.07, 6.45) is 22.2. The molecule has 0 bridgehead atoms. The first-order chi connectivity index (χ1) is 25.5. The van der Waals surface area contributed by atoms with Crippen molar-refractivity contribution in [1.29, 1.82) is 0 Å². The normalized spacial score (nSPS) is 17.9. The second kappa shape index (κ2) is 26.0. The van der Waals surface area contributed by atoms with E-state index in [4.69, 9.17) is 13.4 Å². The fourth-order valence-electron chi connectivity index (χ4n) is 6.22. The molecular weight excluding hydrogens is 773 g/mol. The lowest BCUT2D eigenvalue weighted by Gasteiger charge is -2.37. The van der Waals surface area contributed by atoms with Crippen molar-refractivity contribution < 1.29 is 26.0 Å². The molecule has 2 aliphatic rings. The molecule has 56 heavy (non-hydrogen) atoms. The third-order valence-corrected chi connectivity index (χ3v) is 25.3. The van der Waals surface area contributed by atoms with Gasteiger partial charge < -0.3 is 18.7 Å². The van der Waals surface area contributed by atoms with Crippen LogP contribution in [0.25, 0.3) is 0 Å². The molecule has 0 saturated heterocycles. The van der Waals surface area contributed by atoms with Gasteiger partial charge in [-0.3, -0.25) is 0 Å². The van der Waals surface area contributed by atoms with Crippen molar-refractivity contribution in [2.24, 2.45) is 0 Å². The van der Waals surface area contributed by atoms with E-state index in [2.05, 4.69) is 73.0 Å². The molecule has 0 aromatic heterocycles. The van der Waals surface area contributed by atoms with Crippen molar-refractivity contribution in [3.8, 4) is 0 Å². The Labute approximate surface area is 354 Å². The molecule has 0 aliphatic heterocycles. The highest BCUT2D eigenvalue weighted by atomic mass is 32.2. The fraction of sp³-hybridized carbons (Fsp3) is 1.00. The number of unbranched alkanes of at least 4 members (excludes halogenated alkanes) is 6. The minimum absolute atomic E-state index is 0.208. The Morgan fingerprint density at radius 1 is 0.625 bits per heavy atom. The van der Waals surface area contributed by atoms with Gasteiger partial charge in [0.05, 0.1) is 9.49 Å². The summed E-state index contributed by atoms with van der Waals surface area (Å²) in [5, 5.41) is 4.34. The number of sulfonamides is 1. The predicted octanol–water partition coefficient (Wildman–Crippen LogP) is 12.8. The van der Waals surface area contributed by atoms with E-state index in [9.17, 15) is 12.6 Å². The highest BCUT2D eigenvalue weighted by Crippen LogP contribution is 2.37. The van der Waals surface area contributed by atoms with Crippen LogP contribution in [0.1, 0.15) is 199 Å². The number of hydrogen-bond donors (Lipinski definition) is 2. The first kappa shape index (κ1) is 56.3. The third kappa shape index (κ3) is 22.8. The lowest BCUT2D eigenvalue weighted by atomic mass is 9.95. The highest BCUT2D eigenvalue weighted by Gasteiger charge is 2.40. The molecule has 1 atom stereocenters. The number of nitrogens with zero attached hydrogens (tertiary/aromatic N) is 1. The summed E-state index contributed by atoms with van der Waals surface area (Å²) in [7, 11) is -6.42. The predicted molar refractivity (Wildman–Crippen MR) is 251 cm³/mol. The van der Waals surface area contributed by atoms with E-state index in [-0.39, 0.29) is 11.1 Å². The summed E-state index contributed by atoms with van der Waals surface area (Å²) in [4.78, 5) is 0. The van der Waals surface area contributed by atoms with Crippen LogP contribution < -0.4 is 5.32 Å². The van der Waals surface area contributed by atoms with Crippen LogP contribution in [-0.4, -0.2) is 86.0 Å². The average molecular weight is 870 g/mol. The van der Waals surface area contributed by atoms with Gasteiger partial charge in [0, 0.05) is 31.8 Å². The Bertz CT molecular complexity index is 1160. The van der Waals surface area contributed by atoms with Crippen molar-refractivity contribution in [3.05, 3.63) is 0 Å². The van der Waals surface area contributed by atoms with E-state index in [0.29, 0.717) is 11.6 Å². The third-order valence-electron chi connectivity index (χ3n) is 12.5. The van der Waals surface area contributed by atoms with Gasteiger partial charge in [-0.05, 0) is 136 Å². The zero-order valence-corrected chi connectivity index (χ0v) is 43.6. The van der Waals surface area contributed by atoms with E-state index < -0.39 is 47.2 Å². The molecule has 0 amide bonds. The first-order valence-electron chi connectivity index (χ1n) is 22.6. The standard InChI is InChI=1S/C22H47NO3SSi.C18H39NOSi.C4H10O2S/c1-21(2,3)27(24,25)23(20-16-12-11-13-17-20)18-14-9-10-15-19-26-28(7,8)22(4,5)6;1-18(2,3)21(4,5)20-16-12-7-6-11-15-19-17-13-9-8-10-14-17;1-4(2,3)7(5)6/h20H,9-19H2,1-8H3;17,19H,6-16H2,1-5H3;1-3H3,(H,5,6). The molecule has 8 nitrogen and oxygen atoms in total. The van der Waals surface area contributed by atoms with Crippen LogP contribution in [-0.2, 0) is 30.0 Å². The quantitative estimate of drug-likeness (QED) is 0.0757. The largest absolute Gasteiger partial charge is 0.417 e.